The number of furan rings is 1. The van der Waals surface area contributed by atoms with Crippen molar-refractivity contribution in [3.8, 4) is 0 Å². The van der Waals surface area contributed by atoms with Crippen LogP contribution in [-0.2, 0) is 7.05 Å². The minimum absolute atomic E-state index is 0.304. The molecule has 1 spiro atoms. The molecule has 8 nitrogen and oxygen atoms in total. The van der Waals surface area contributed by atoms with Crippen LogP contribution in [0.1, 0.15) is 25.7 Å². The minimum atomic E-state index is 0.304. The van der Waals surface area contributed by atoms with Crippen LogP contribution in [0.5, 0.6) is 0 Å². The SMILES string of the molecule is Cn1ncc2cc(N3CCCC4(CCN(c5nc(N)nc6ccoc56)CC4)C3)ccc21. The lowest BCUT2D eigenvalue weighted by Gasteiger charge is -2.48. The van der Waals surface area contributed by atoms with Crippen molar-refractivity contribution in [3.05, 3.63) is 36.7 Å². The molecule has 3 aromatic heterocycles. The Labute approximate surface area is 180 Å². The normalized spacial score (nSPS) is 19.0. The van der Waals surface area contributed by atoms with Crippen molar-refractivity contribution in [1.29, 1.82) is 0 Å². The first-order valence-electron chi connectivity index (χ1n) is 11.0. The molecule has 8 heteroatoms. The Morgan fingerprint density at radius 1 is 1.03 bits per heavy atom. The van der Waals surface area contributed by atoms with Crippen molar-refractivity contribution < 1.29 is 4.42 Å². The molecule has 2 fully saturated rings. The summed E-state index contributed by atoms with van der Waals surface area (Å²) in [6.07, 6.45) is 8.42. The average molecular weight is 418 g/mol. The quantitative estimate of drug-likeness (QED) is 0.533. The predicted molar refractivity (Wildman–Crippen MR) is 122 cm³/mol. The summed E-state index contributed by atoms with van der Waals surface area (Å²) in [7, 11) is 1.99. The van der Waals surface area contributed by atoms with Crippen LogP contribution in [0.4, 0.5) is 17.5 Å². The third-order valence-electron chi connectivity index (χ3n) is 7.18. The van der Waals surface area contributed by atoms with Crippen LogP contribution in [0.2, 0.25) is 0 Å². The van der Waals surface area contributed by atoms with E-state index in [0.29, 0.717) is 11.4 Å². The molecule has 0 atom stereocenters. The van der Waals surface area contributed by atoms with E-state index in [-0.39, 0.29) is 0 Å². The maximum absolute atomic E-state index is 5.95. The van der Waals surface area contributed by atoms with E-state index in [9.17, 15) is 0 Å². The number of rotatable bonds is 2. The fourth-order valence-electron chi connectivity index (χ4n) is 5.46. The van der Waals surface area contributed by atoms with Crippen molar-refractivity contribution in [2.75, 3.05) is 41.7 Å². The van der Waals surface area contributed by atoms with E-state index in [2.05, 4.69) is 43.1 Å². The predicted octanol–water partition coefficient (Wildman–Crippen LogP) is 3.58. The van der Waals surface area contributed by atoms with Gasteiger partial charge in [-0.15, -0.1) is 0 Å². The van der Waals surface area contributed by atoms with E-state index < -0.39 is 0 Å². The zero-order valence-electron chi connectivity index (χ0n) is 17.8. The van der Waals surface area contributed by atoms with Gasteiger partial charge < -0.3 is 20.0 Å². The lowest BCUT2D eigenvalue weighted by atomic mass is 9.72. The van der Waals surface area contributed by atoms with Gasteiger partial charge in [0.2, 0.25) is 5.95 Å². The van der Waals surface area contributed by atoms with Gasteiger partial charge in [0.25, 0.3) is 0 Å². The molecule has 0 bridgehead atoms. The van der Waals surface area contributed by atoms with Crippen molar-refractivity contribution in [3.63, 3.8) is 0 Å². The number of hydrogen-bond donors (Lipinski definition) is 1. The number of hydrogen-bond acceptors (Lipinski definition) is 7. The van der Waals surface area contributed by atoms with Gasteiger partial charge in [0.05, 0.1) is 18.0 Å². The van der Waals surface area contributed by atoms with Gasteiger partial charge in [-0.25, -0.2) is 4.98 Å². The molecule has 0 saturated carbocycles. The van der Waals surface area contributed by atoms with E-state index in [1.165, 1.54) is 29.4 Å². The Hall–Kier alpha value is -3.29. The molecule has 0 aliphatic carbocycles. The highest BCUT2D eigenvalue weighted by atomic mass is 16.3. The van der Waals surface area contributed by atoms with Gasteiger partial charge in [0, 0.05) is 50.4 Å². The van der Waals surface area contributed by atoms with Crippen LogP contribution in [0, 0.1) is 5.41 Å². The third-order valence-corrected chi connectivity index (χ3v) is 7.18. The lowest BCUT2D eigenvalue weighted by Crippen LogP contribution is -2.50. The molecule has 1 aromatic carbocycles. The number of fused-ring (bicyclic) bond motifs is 2. The summed E-state index contributed by atoms with van der Waals surface area (Å²) >= 11 is 0. The second kappa shape index (κ2) is 6.87. The molecular weight excluding hydrogens is 390 g/mol. The van der Waals surface area contributed by atoms with Crippen LogP contribution < -0.4 is 15.5 Å². The summed E-state index contributed by atoms with van der Waals surface area (Å²) in [5.41, 5.74) is 10.3. The highest BCUT2D eigenvalue weighted by Crippen LogP contribution is 2.42. The molecule has 0 amide bonds. The molecule has 2 N–H and O–H groups in total. The lowest BCUT2D eigenvalue weighted by molar-refractivity contribution is 0.179. The standard InChI is InChI=1S/C23H27N7O/c1-28-19-4-3-17(13-16(19)14-25-28)30-9-2-6-23(15-30)7-10-29(11-8-23)21-20-18(5-12-31-20)26-22(24)27-21/h3-5,12-14H,2,6-11,15H2,1H3,(H2,24,26,27). The Morgan fingerprint density at radius 3 is 2.77 bits per heavy atom. The van der Waals surface area contributed by atoms with Crippen molar-refractivity contribution in [2.45, 2.75) is 25.7 Å². The molecule has 0 unspecified atom stereocenters. The first-order chi connectivity index (χ1) is 15.1. The summed E-state index contributed by atoms with van der Waals surface area (Å²) in [5, 5.41) is 5.60. The fourth-order valence-corrected chi connectivity index (χ4v) is 5.46. The molecule has 6 rings (SSSR count). The maximum atomic E-state index is 5.95. The second-order valence-corrected chi connectivity index (χ2v) is 9.06. The zero-order valence-corrected chi connectivity index (χ0v) is 17.8. The Morgan fingerprint density at radius 2 is 1.90 bits per heavy atom. The molecular formula is C23H27N7O. The van der Waals surface area contributed by atoms with Gasteiger partial charge in [-0.2, -0.15) is 10.1 Å². The van der Waals surface area contributed by atoms with Gasteiger partial charge in [-0.05, 0) is 49.3 Å². The first-order valence-corrected chi connectivity index (χ1v) is 11.0. The van der Waals surface area contributed by atoms with E-state index in [4.69, 9.17) is 10.2 Å². The number of aryl methyl sites for hydroxylation is 1. The number of aromatic nitrogens is 4. The number of nitrogens with zero attached hydrogens (tertiary/aromatic N) is 6. The number of nitrogens with two attached hydrogens (primary N) is 1. The Balaban J connectivity index is 1.21. The summed E-state index contributed by atoms with van der Waals surface area (Å²) in [5.74, 6) is 1.14. The highest BCUT2D eigenvalue weighted by molar-refractivity contribution is 5.85. The molecule has 0 radical (unpaired) electrons. The van der Waals surface area contributed by atoms with Crippen LogP contribution in [0.15, 0.2) is 41.1 Å². The molecule has 5 heterocycles. The number of anilines is 3. The van der Waals surface area contributed by atoms with Crippen LogP contribution >= 0.6 is 0 Å². The third kappa shape index (κ3) is 3.08. The topological polar surface area (TPSA) is 89.2 Å². The van der Waals surface area contributed by atoms with Gasteiger partial charge in [-0.1, -0.05) is 0 Å². The summed E-state index contributed by atoms with van der Waals surface area (Å²) in [6, 6.07) is 8.57. The second-order valence-electron chi connectivity index (χ2n) is 9.06. The van der Waals surface area contributed by atoms with Gasteiger partial charge in [-0.3, -0.25) is 4.68 Å². The number of benzene rings is 1. The molecule has 2 saturated heterocycles. The van der Waals surface area contributed by atoms with Crippen LogP contribution in [0.25, 0.3) is 22.0 Å². The van der Waals surface area contributed by atoms with Gasteiger partial charge in [0.1, 0.15) is 5.52 Å². The van der Waals surface area contributed by atoms with Crippen LogP contribution in [-0.4, -0.2) is 45.9 Å². The molecule has 160 valence electrons. The molecule has 2 aliphatic rings. The molecule has 31 heavy (non-hydrogen) atoms. The summed E-state index contributed by atoms with van der Waals surface area (Å²) in [6.45, 7) is 4.14. The van der Waals surface area contributed by atoms with E-state index in [1.54, 1.807) is 6.26 Å². The smallest absolute Gasteiger partial charge is 0.222 e. The Kier molecular flexibility index (Phi) is 4.09. The van der Waals surface area contributed by atoms with Gasteiger partial charge >= 0.3 is 0 Å². The maximum Gasteiger partial charge on any atom is 0.222 e. The van der Waals surface area contributed by atoms with Gasteiger partial charge in [0.15, 0.2) is 11.4 Å². The zero-order chi connectivity index (χ0) is 21.0. The monoisotopic (exact) mass is 417 g/mol. The van der Waals surface area contributed by atoms with E-state index in [1.807, 2.05) is 24.0 Å². The van der Waals surface area contributed by atoms with Crippen LogP contribution in [0.3, 0.4) is 0 Å². The van der Waals surface area contributed by atoms with Crippen molar-refractivity contribution >= 4 is 39.5 Å². The summed E-state index contributed by atoms with van der Waals surface area (Å²) in [4.78, 5) is 13.7. The average Bonchev–Trinajstić information content (AvgIpc) is 3.40. The first kappa shape index (κ1) is 18.5. The molecule has 2 aliphatic heterocycles. The fraction of sp³-hybridized carbons (Fsp3) is 0.435. The minimum Gasteiger partial charge on any atom is -0.459 e. The van der Waals surface area contributed by atoms with E-state index in [0.717, 1.165) is 55.9 Å². The largest absolute Gasteiger partial charge is 0.459 e. The highest BCUT2D eigenvalue weighted by Gasteiger charge is 2.39. The number of piperidine rings is 2. The summed E-state index contributed by atoms with van der Waals surface area (Å²) < 4.78 is 7.60. The van der Waals surface area contributed by atoms with E-state index >= 15 is 0 Å². The number of nitrogen functional groups attached to an aromatic ring is 1. The van der Waals surface area contributed by atoms with Crippen molar-refractivity contribution in [1.82, 2.24) is 19.7 Å². The Bertz CT molecular complexity index is 1250. The van der Waals surface area contributed by atoms with Crippen molar-refractivity contribution in [2.24, 2.45) is 12.5 Å². The molecule has 4 aromatic rings.